The Kier molecular flexibility index (Phi) is 4.71. The van der Waals surface area contributed by atoms with E-state index in [0.29, 0.717) is 16.5 Å². The minimum atomic E-state index is 0.0166. The number of Topliss-reactive ketones (excluding diaryl/α,β-unsaturated/α-hetero) is 1. The van der Waals surface area contributed by atoms with E-state index in [1.165, 1.54) is 11.8 Å². The third-order valence-electron chi connectivity index (χ3n) is 3.66. The van der Waals surface area contributed by atoms with Crippen molar-refractivity contribution in [1.82, 2.24) is 14.8 Å². The summed E-state index contributed by atoms with van der Waals surface area (Å²) in [7, 11) is 3.46. The first-order valence-corrected chi connectivity index (χ1v) is 8.32. The van der Waals surface area contributed by atoms with E-state index in [0.717, 1.165) is 17.1 Å². The quantitative estimate of drug-likeness (QED) is 0.505. The van der Waals surface area contributed by atoms with Crippen molar-refractivity contribution in [1.29, 1.82) is 0 Å². The van der Waals surface area contributed by atoms with E-state index < -0.39 is 0 Å². The summed E-state index contributed by atoms with van der Waals surface area (Å²) >= 11 is 1.36. The van der Waals surface area contributed by atoms with Crippen LogP contribution in [0.2, 0.25) is 0 Å². The van der Waals surface area contributed by atoms with Crippen LogP contribution in [0, 0.1) is 6.92 Å². The molecule has 7 heteroatoms. The predicted molar refractivity (Wildman–Crippen MR) is 91.5 cm³/mol. The van der Waals surface area contributed by atoms with Crippen LogP contribution in [-0.4, -0.2) is 33.4 Å². The number of benzene rings is 1. The first-order chi connectivity index (χ1) is 11.6. The molecule has 0 spiro atoms. The van der Waals surface area contributed by atoms with Crippen LogP contribution in [0.3, 0.4) is 0 Å². The summed E-state index contributed by atoms with van der Waals surface area (Å²) in [5.74, 6) is 2.47. The lowest BCUT2D eigenvalue weighted by molar-refractivity contribution is 0.102. The van der Waals surface area contributed by atoms with Gasteiger partial charge in [-0.1, -0.05) is 23.9 Å². The highest BCUT2D eigenvalue weighted by Crippen LogP contribution is 2.26. The third-order valence-corrected chi connectivity index (χ3v) is 4.68. The van der Waals surface area contributed by atoms with Gasteiger partial charge in [0, 0.05) is 12.6 Å². The van der Waals surface area contributed by atoms with Gasteiger partial charge >= 0.3 is 0 Å². The van der Waals surface area contributed by atoms with Gasteiger partial charge in [-0.25, -0.2) is 0 Å². The molecule has 124 valence electrons. The molecule has 0 atom stereocenters. The highest BCUT2D eigenvalue weighted by Gasteiger charge is 2.16. The Morgan fingerprint density at radius 3 is 2.88 bits per heavy atom. The zero-order valence-corrected chi connectivity index (χ0v) is 14.5. The van der Waals surface area contributed by atoms with Crippen LogP contribution in [0.5, 0.6) is 5.75 Å². The Labute approximate surface area is 143 Å². The average Bonchev–Trinajstić information content (AvgIpc) is 3.18. The summed E-state index contributed by atoms with van der Waals surface area (Å²) in [5, 5.41) is 9.05. The average molecular weight is 343 g/mol. The van der Waals surface area contributed by atoms with Crippen molar-refractivity contribution in [2.45, 2.75) is 12.1 Å². The minimum absolute atomic E-state index is 0.0166. The Bertz CT molecular complexity index is 870. The summed E-state index contributed by atoms with van der Waals surface area (Å²) in [6, 6.07) is 8.99. The van der Waals surface area contributed by atoms with Gasteiger partial charge in [0.25, 0.3) is 0 Å². The Balaban J connectivity index is 1.72. The molecule has 2 aromatic heterocycles. The summed E-state index contributed by atoms with van der Waals surface area (Å²) in [5.41, 5.74) is 1.52. The second kappa shape index (κ2) is 6.92. The monoisotopic (exact) mass is 343 g/mol. The number of nitrogens with zero attached hydrogens (tertiary/aromatic N) is 3. The van der Waals surface area contributed by atoms with E-state index in [9.17, 15) is 4.79 Å². The third kappa shape index (κ3) is 3.21. The molecule has 0 unspecified atom stereocenters. The first kappa shape index (κ1) is 16.3. The molecule has 6 nitrogen and oxygen atoms in total. The van der Waals surface area contributed by atoms with E-state index in [2.05, 4.69) is 10.2 Å². The van der Waals surface area contributed by atoms with Crippen LogP contribution in [0.1, 0.15) is 16.1 Å². The molecule has 0 fully saturated rings. The number of furan rings is 1. The number of methoxy groups -OCH3 is 1. The molecule has 0 N–H and O–H groups in total. The van der Waals surface area contributed by atoms with Crippen molar-refractivity contribution in [3.63, 3.8) is 0 Å². The Morgan fingerprint density at radius 1 is 1.33 bits per heavy atom. The number of aromatic nitrogens is 3. The summed E-state index contributed by atoms with van der Waals surface area (Å²) < 4.78 is 12.3. The van der Waals surface area contributed by atoms with Gasteiger partial charge in [0.2, 0.25) is 0 Å². The fourth-order valence-corrected chi connectivity index (χ4v) is 3.11. The maximum absolute atomic E-state index is 12.3. The Hall–Kier alpha value is -2.54. The molecule has 1 aromatic carbocycles. The van der Waals surface area contributed by atoms with Crippen LogP contribution in [0.25, 0.3) is 11.4 Å². The van der Waals surface area contributed by atoms with Gasteiger partial charge in [-0.05, 0) is 25.1 Å². The number of ether oxygens (including phenoxy) is 1. The van der Waals surface area contributed by atoms with Crippen molar-refractivity contribution in [3.05, 3.63) is 47.9 Å². The van der Waals surface area contributed by atoms with Gasteiger partial charge in [-0.3, -0.25) is 4.79 Å². The van der Waals surface area contributed by atoms with Gasteiger partial charge in [0.15, 0.2) is 16.8 Å². The SMILES string of the molecule is COc1cccc(C(=O)CSc2nnc(-c3ccoc3C)n2C)c1. The first-order valence-electron chi connectivity index (χ1n) is 7.34. The van der Waals surface area contributed by atoms with Crippen LogP contribution in [0.4, 0.5) is 0 Å². The van der Waals surface area contributed by atoms with Crippen molar-refractivity contribution in [2.75, 3.05) is 12.9 Å². The molecule has 2 heterocycles. The molecular formula is C17H17N3O3S. The Morgan fingerprint density at radius 2 is 2.17 bits per heavy atom. The van der Waals surface area contributed by atoms with E-state index in [4.69, 9.17) is 9.15 Å². The number of hydrogen-bond acceptors (Lipinski definition) is 6. The van der Waals surface area contributed by atoms with Gasteiger partial charge in [0.05, 0.1) is 24.7 Å². The maximum atomic E-state index is 12.3. The van der Waals surface area contributed by atoms with Gasteiger partial charge in [0.1, 0.15) is 11.5 Å². The zero-order valence-electron chi connectivity index (χ0n) is 13.6. The molecule has 0 amide bonds. The van der Waals surface area contributed by atoms with Gasteiger partial charge in [-0.2, -0.15) is 0 Å². The molecule has 0 radical (unpaired) electrons. The van der Waals surface area contributed by atoms with Crippen molar-refractivity contribution in [3.8, 4) is 17.1 Å². The number of carbonyl (C=O) groups excluding carboxylic acids is 1. The molecule has 0 bridgehead atoms. The lowest BCUT2D eigenvalue weighted by Gasteiger charge is -2.04. The highest BCUT2D eigenvalue weighted by molar-refractivity contribution is 7.99. The van der Waals surface area contributed by atoms with Crippen LogP contribution in [-0.2, 0) is 7.05 Å². The zero-order chi connectivity index (χ0) is 17.1. The number of ketones is 1. The maximum Gasteiger partial charge on any atom is 0.191 e. The number of carbonyl (C=O) groups is 1. The standard InChI is InChI=1S/C17H17N3O3S/c1-11-14(7-8-23-11)16-18-19-17(20(16)2)24-10-15(21)12-5-4-6-13(9-12)22-3/h4-9H,10H2,1-3H3. The topological polar surface area (TPSA) is 70.2 Å². The van der Waals surface area contributed by atoms with Crippen LogP contribution >= 0.6 is 11.8 Å². The highest BCUT2D eigenvalue weighted by atomic mass is 32.2. The molecular weight excluding hydrogens is 326 g/mol. The van der Waals surface area contributed by atoms with E-state index in [-0.39, 0.29) is 11.5 Å². The van der Waals surface area contributed by atoms with Gasteiger partial charge < -0.3 is 13.7 Å². The lowest BCUT2D eigenvalue weighted by atomic mass is 10.1. The molecule has 0 aliphatic carbocycles. The molecule has 0 aliphatic heterocycles. The molecule has 0 saturated carbocycles. The van der Waals surface area contributed by atoms with E-state index in [1.54, 1.807) is 31.6 Å². The molecule has 3 aromatic rings. The fourth-order valence-electron chi connectivity index (χ4n) is 2.30. The lowest BCUT2D eigenvalue weighted by Crippen LogP contribution is -2.04. The molecule has 0 saturated heterocycles. The molecule has 24 heavy (non-hydrogen) atoms. The number of aryl methyl sites for hydroxylation is 1. The minimum Gasteiger partial charge on any atom is -0.497 e. The number of thioether (sulfide) groups is 1. The molecule has 0 aliphatic rings. The van der Waals surface area contributed by atoms with E-state index in [1.807, 2.05) is 30.7 Å². The predicted octanol–water partition coefficient (Wildman–Crippen LogP) is 3.37. The van der Waals surface area contributed by atoms with Crippen molar-refractivity contribution >= 4 is 17.5 Å². The second-order valence-electron chi connectivity index (χ2n) is 5.20. The van der Waals surface area contributed by atoms with Crippen LogP contribution < -0.4 is 4.74 Å². The van der Waals surface area contributed by atoms with Gasteiger partial charge in [-0.15, -0.1) is 10.2 Å². The number of hydrogen-bond donors (Lipinski definition) is 0. The van der Waals surface area contributed by atoms with E-state index >= 15 is 0 Å². The summed E-state index contributed by atoms with van der Waals surface area (Å²) in [6.07, 6.45) is 1.62. The molecule has 3 rings (SSSR count). The summed E-state index contributed by atoms with van der Waals surface area (Å²) in [6.45, 7) is 1.88. The largest absolute Gasteiger partial charge is 0.497 e. The smallest absolute Gasteiger partial charge is 0.191 e. The normalized spacial score (nSPS) is 10.8. The second-order valence-corrected chi connectivity index (χ2v) is 6.14. The van der Waals surface area contributed by atoms with Crippen LogP contribution in [0.15, 0.2) is 46.2 Å². The summed E-state index contributed by atoms with van der Waals surface area (Å²) in [4.78, 5) is 12.3. The van der Waals surface area contributed by atoms with Crippen molar-refractivity contribution < 1.29 is 13.9 Å². The fraction of sp³-hybridized carbons (Fsp3) is 0.235. The number of rotatable bonds is 6. The van der Waals surface area contributed by atoms with Crippen molar-refractivity contribution in [2.24, 2.45) is 7.05 Å².